The van der Waals surface area contributed by atoms with Gasteiger partial charge in [-0.3, -0.25) is 9.59 Å². The van der Waals surface area contributed by atoms with Crippen LogP contribution in [0.4, 0.5) is 4.79 Å². The number of cyclic esters (lactones) is 1. The van der Waals surface area contributed by atoms with Crippen molar-refractivity contribution in [3.63, 3.8) is 0 Å². The molecule has 2 atom stereocenters. The molecule has 1 aliphatic carbocycles. The quantitative estimate of drug-likeness (QED) is 0.856. The maximum absolute atomic E-state index is 12.6. The number of carbonyl (C=O) groups is 3. The number of rotatable bonds is 4. The van der Waals surface area contributed by atoms with Gasteiger partial charge in [0.1, 0.15) is 6.61 Å². The summed E-state index contributed by atoms with van der Waals surface area (Å²) < 4.78 is 4.84. The molecular weight excluding hydrogens is 294 g/mol. The van der Waals surface area contributed by atoms with Gasteiger partial charge in [-0.1, -0.05) is 36.4 Å². The molecule has 0 spiro atoms. The van der Waals surface area contributed by atoms with Crippen LogP contribution in [-0.4, -0.2) is 35.8 Å². The fraction of sp³-hybridized carbons (Fsp3) is 0.389. The van der Waals surface area contributed by atoms with Crippen LogP contribution >= 0.6 is 0 Å². The molecule has 1 aromatic carbocycles. The van der Waals surface area contributed by atoms with E-state index in [1.807, 2.05) is 30.3 Å². The number of nitrogens with zero attached hydrogens (tertiary/aromatic N) is 1. The Labute approximate surface area is 134 Å². The fourth-order valence-corrected chi connectivity index (χ4v) is 3.16. The number of imide groups is 1. The van der Waals surface area contributed by atoms with Crippen LogP contribution in [0.15, 0.2) is 42.5 Å². The Morgan fingerprint density at radius 1 is 1.22 bits per heavy atom. The lowest BCUT2D eigenvalue weighted by Gasteiger charge is -2.28. The molecule has 0 aromatic heterocycles. The summed E-state index contributed by atoms with van der Waals surface area (Å²) >= 11 is 0. The first-order chi connectivity index (χ1) is 11.1. The summed E-state index contributed by atoms with van der Waals surface area (Å²) in [6.45, 7) is 0.538. The minimum atomic E-state index is -0.581. The number of hydrogen-bond acceptors (Lipinski definition) is 4. The summed E-state index contributed by atoms with van der Waals surface area (Å²) in [6, 6.07) is 9.99. The number of ketones is 1. The van der Waals surface area contributed by atoms with Crippen LogP contribution in [0.1, 0.15) is 18.4 Å². The van der Waals surface area contributed by atoms with Crippen molar-refractivity contribution < 1.29 is 19.1 Å². The second kappa shape index (κ2) is 6.77. The van der Waals surface area contributed by atoms with Crippen molar-refractivity contribution in [2.75, 3.05) is 13.2 Å². The van der Waals surface area contributed by atoms with Crippen LogP contribution < -0.4 is 0 Å². The molecule has 5 nitrogen and oxygen atoms in total. The van der Waals surface area contributed by atoms with E-state index in [2.05, 4.69) is 0 Å². The Morgan fingerprint density at radius 3 is 2.70 bits per heavy atom. The largest absolute Gasteiger partial charge is 0.447 e. The standard InChI is InChI=1S/C18H19NO4/c20-15-8-9-16(17(21)19-10-11-23-18(19)22)14(12-15)7-6-13-4-2-1-3-5-13/h1-5,8-9,14,16H,6-7,10-12H2/t14-,16-/m0/s1. The van der Waals surface area contributed by atoms with E-state index in [9.17, 15) is 14.4 Å². The Balaban J connectivity index is 1.71. The SMILES string of the molecule is O=C1C=C[C@H](C(=O)N2CCOC2=O)[C@@H](CCc2ccccc2)C1. The second-order valence-corrected chi connectivity index (χ2v) is 5.94. The summed E-state index contributed by atoms with van der Waals surface area (Å²) in [5.74, 6) is -0.721. The highest BCUT2D eigenvalue weighted by Gasteiger charge is 2.38. The lowest BCUT2D eigenvalue weighted by atomic mass is 9.79. The molecule has 120 valence electrons. The van der Waals surface area contributed by atoms with Gasteiger partial charge in [-0.25, -0.2) is 9.69 Å². The second-order valence-electron chi connectivity index (χ2n) is 5.94. The van der Waals surface area contributed by atoms with Gasteiger partial charge in [-0.15, -0.1) is 0 Å². The molecule has 1 heterocycles. The van der Waals surface area contributed by atoms with Gasteiger partial charge >= 0.3 is 6.09 Å². The molecule has 5 heteroatoms. The van der Waals surface area contributed by atoms with Crippen LogP contribution in [-0.2, 0) is 20.7 Å². The van der Waals surface area contributed by atoms with E-state index < -0.39 is 12.0 Å². The van der Waals surface area contributed by atoms with Crippen LogP contribution in [0.2, 0.25) is 0 Å². The molecule has 1 fully saturated rings. The molecule has 2 aliphatic rings. The van der Waals surface area contributed by atoms with Gasteiger partial charge in [-0.2, -0.15) is 0 Å². The van der Waals surface area contributed by atoms with Gasteiger partial charge < -0.3 is 4.74 Å². The molecule has 1 aliphatic heterocycles. The highest BCUT2D eigenvalue weighted by atomic mass is 16.6. The van der Waals surface area contributed by atoms with Crippen LogP contribution in [0.5, 0.6) is 0 Å². The molecule has 0 unspecified atom stereocenters. The third-order valence-electron chi connectivity index (χ3n) is 4.42. The van der Waals surface area contributed by atoms with E-state index in [1.54, 1.807) is 6.08 Å². The smallest absolute Gasteiger partial charge is 0.416 e. The number of carbonyl (C=O) groups excluding carboxylic acids is 3. The molecular formula is C18H19NO4. The van der Waals surface area contributed by atoms with Crippen molar-refractivity contribution in [2.45, 2.75) is 19.3 Å². The Bertz CT molecular complexity index is 638. The highest BCUT2D eigenvalue weighted by Crippen LogP contribution is 2.30. The number of amides is 2. The maximum Gasteiger partial charge on any atom is 0.416 e. The minimum Gasteiger partial charge on any atom is -0.447 e. The molecule has 23 heavy (non-hydrogen) atoms. The minimum absolute atomic E-state index is 0.0381. The molecule has 0 radical (unpaired) electrons. The average Bonchev–Trinajstić information content (AvgIpc) is 2.99. The van der Waals surface area contributed by atoms with Gasteiger partial charge in [0.2, 0.25) is 5.91 Å². The normalized spacial score (nSPS) is 23.9. The summed E-state index contributed by atoms with van der Waals surface area (Å²) in [7, 11) is 0. The number of hydrogen-bond donors (Lipinski definition) is 0. The first-order valence-corrected chi connectivity index (χ1v) is 7.88. The first-order valence-electron chi connectivity index (χ1n) is 7.88. The summed E-state index contributed by atoms with van der Waals surface area (Å²) in [5.41, 5.74) is 1.18. The van der Waals surface area contributed by atoms with E-state index in [4.69, 9.17) is 4.74 Å². The summed E-state index contributed by atoms with van der Waals surface area (Å²) in [5, 5.41) is 0. The first kappa shape index (κ1) is 15.5. The molecule has 3 rings (SSSR count). The maximum atomic E-state index is 12.6. The molecule has 2 amide bonds. The molecule has 0 bridgehead atoms. The predicted molar refractivity (Wildman–Crippen MR) is 83.6 cm³/mol. The molecule has 1 saturated heterocycles. The van der Waals surface area contributed by atoms with E-state index in [-0.39, 0.29) is 24.2 Å². The third kappa shape index (κ3) is 3.50. The van der Waals surface area contributed by atoms with Crippen LogP contribution in [0, 0.1) is 11.8 Å². The van der Waals surface area contributed by atoms with E-state index in [0.29, 0.717) is 13.0 Å². The average molecular weight is 313 g/mol. The predicted octanol–water partition coefficient (Wildman–Crippen LogP) is 2.36. The zero-order valence-corrected chi connectivity index (χ0v) is 12.8. The zero-order valence-electron chi connectivity index (χ0n) is 12.8. The van der Waals surface area contributed by atoms with Gasteiger partial charge in [0, 0.05) is 6.42 Å². The number of ether oxygens (including phenoxy) is 1. The number of benzene rings is 1. The van der Waals surface area contributed by atoms with Crippen molar-refractivity contribution >= 4 is 17.8 Å². The Hall–Kier alpha value is -2.43. The Morgan fingerprint density at radius 2 is 2.00 bits per heavy atom. The highest BCUT2D eigenvalue weighted by molar-refractivity contribution is 5.98. The topological polar surface area (TPSA) is 63.7 Å². The zero-order chi connectivity index (χ0) is 16.2. The molecule has 0 saturated carbocycles. The van der Waals surface area contributed by atoms with Crippen molar-refractivity contribution in [1.82, 2.24) is 4.90 Å². The van der Waals surface area contributed by atoms with Crippen LogP contribution in [0.25, 0.3) is 0 Å². The van der Waals surface area contributed by atoms with E-state index >= 15 is 0 Å². The van der Waals surface area contributed by atoms with Gasteiger partial charge in [0.15, 0.2) is 5.78 Å². The molecule has 1 aromatic rings. The monoisotopic (exact) mass is 313 g/mol. The lowest BCUT2D eigenvalue weighted by Crippen LogP contribution is -2.40. The van der Waals surface area contributed by atoms with Crippen molar-refractivity contribution in [3.8, 4) is 0 Å². The van der Waals surface area contributed by atoms with E-state index in [0.717, 1.165) is 17.7 Å². The number of allylic oxidation sites excluding steroid dienone is 1. The van der Waals surface area contributed by atoms with Gasteiger partial charge in [0.05, 0.1) is 12.5 Å². The van der Waals surface area contributed by atoms with E-state index in [1.165, 1.54) is 11.6 Å². The van der Waals surface area contributed by atoms with Crippen molar-refractivity contribution in [1.29, 1.82) is 0 Å². The van der Waals surface area contributed by atoms with Crippen molar-refractivity contribution in [2.24, 2.45) is 11.8 Å². The molecule has 0 N–H and O–H groups in total. The van der Waals surface area contributed by atoms with Gasteiger partial charge in [-0.05, 0) is 30.4 Å². The third-order valence-corrected chi connectivity index (χ3v) is 4.42. The Kier molecular flexibility index (Phi) is 4.55. The summed E-state index contributed by atoms with van der Waals surface area (Å²) in [6.07, 6.45) is 4.42. The lowest BCUT2D eigenvalue weighted by molar-refractivity contribution is -0.132. The van der Waals surface area contributed by atoms with Gasteiger partial charge in [0.25, 0.3) is 0 Å². The van der Waals surface area contributed by atoms with Crippen molar-refractivity contribution in [3.05, 3.63) is 48.0 Å². The summed E-state index contributed by atoms with van der Waals surface area (Å²) in [4.78, 5) is 37.1. The fourth-order valence-electron chi connectivity index (χ4n) is 3.16. The number of aryl methyl sites for hydroxylation is 1. The van der Waals surface area contributed by atoms with Crippen LogP contribution in [0.3, 0.4) is 0 Å².